The van der Waals surface area contributed by atoms with Gasteiger partial charge < -0.3 is 0 Å². The van der Waals surface area contributed by atoms with E-state index in [9.17, 15) is 8.42 Å². The minimum Gasteiger partial charge on any atom is -0.213 e. The number of rotatable bonds is 2. The van der Waals surface area contributed by atoms with Gasteiger partial charge in [0, 0.05) is 17.8 Å². The Balaban J connectivity index is 2.11. The fourth-order valence-electron chi connectivity index (χ4n) is 1.78. The van der Waals surface area contributed by atoms with Gasteiger partial charge in [-0.05, 0) is 12.3 Å². The van der Waals surface area contributed by atoms with Crippen molar-refractivity contribution in [2.75, 3.05) is 19.3 Å². The Hall–Kier alpha value is 0.610. The lowest BCUT2D eigenvalue weighted by Crippen LogP contribution is -2.31. The number of thiol groups is 1. The zero-order valence-electron chi connectivity index (χ0n) is 6.73. The molecule has 3 nitrogen and oxygen atoms in total. The van der Waals surface area contributed by atoms with Gasteiger partial charge in [0.05, 0.1) is 6.26 Å². The summed E-state index contributed by atoms with van der Waals surface area (Å²) in [6.07, 6.45) is 2.40. The van der Waals surface area contributed by atoms with Crippen molar-refractivity contribution in [3.63, 3.8) is 0 Å². The van der Waals surface area contributed by atoms with Gasteiger partial charge in [0.15, 0.2) is 0 Å². The van der Waals surface area contributed by atoms with Gasteiger partial charge in [0.2, 0.25) is 10.0 Å². The van der Waals surface area contributed by atoms with Gasteiger partial charge in [-0.3, -0.25) is 0 Å². The first kappa shape index (κ1) is 9.18. The highest BCUT2D eigenvalue weighted by atomic mass is 33.1. The van der Waals surface area contributed by atoms with E-state index in [2.05, 4.69) is 11.7 Å². The molecule has 12 heavy (non-hydrogen) atoms. The quantitative estimate of drug-likeness (QED) is 0.552. The average Bonchev–Trinajstić information content (AvgIpc) is 2.53. The van der Waals surface area contributed by atoms with Crippen molar-refractivity contribution in [2.45, 2.75) is 11.2 Å². The number of hydrogen-bond donors (Lipinski definition) is 1. The van der Waals surface area contributed by atoms with Crippen LogP contribution in [0.15, 0.2) is 0 Å². The Kier molecular flexibility index (Phi) is 1.95. The number of hydrogen-bond acceptors (Lipinski definition) is 4. The second-order valence-corrected chi connectivity index (χ2v) is 7.14. The monoisotopic (exact) mass is 225 g/mol. The topological polar surface area (TPSA) is 37.4 Å². The summed E-state index contributed by atoms with van der Waals surface area (Å²) >= 11 is 4.17. The molecule has 1 aliphatic heterocycles. The molecule has 2 atom stereocenters. The summed E-state index contributed by atoms with van der Waals surface area (Å²) in [6.45, 7) is 1.36. The van der Waals surface area contributed by atoms with Crippen LogP contribution in [0, 0.1) is 5.92 Å². The van der Waals surface area contributed by atoms with Gasteiger partial charge in [-0.25, -0.2) is 12.7 Å². The molecule has 0 aromatic rings. The van der Waals surface area contributed by atoms with Gasteiger partial charge in [-0.2, -0.15) is 0 Å². The average molecular weight is 225 g/mol. The van der Waals surface area contributed by atoms with Crippen LogP contribution in [0.4, 0.5) is 0 Å². The Morgan fingerprint density at radius 2 is 2.33 bits per heavy atom. The molecule has 1 saturated carbocycles. The zero-order valence-corrected chi connectivity index (χ0v) is 9.25. The molecule has 1 heterocycles. The van der Waals surface area contributed by atoms with Crippen molar-refractivity contribution in [3.05, 3.63) is 0 Å². The molecular weight excluding hydrogens is 214 g/mol. The Labute approximate surface area is 81.8 Å². The SMILES string of the molecule is CS(=O)(=O)N1CC2CC2(SS)C1. The maximum absolute atomic E-state index is 11.1. The summed E-state index contributed by atoms with van der Waals surface area (Å²) in [5.74, 6) is 0.551. The molecule has 1 saturated heterocycles. The summed E-state index contributed by atoms with van der Waals surface area (Å²) < 4.78 is 24.0. The maximum atomic E-state index is 11.1. The molecule has 2 rings (SSSR count). The van der Waals surface area contributed by atoms with Gasteiger partial charge in [-0.1, -0.05) is 10.8 Å². The van der Waals surface area contributed by atoms with Gasteiger partial charge >= 0.3 is 0 Å². The summed E-state index contributed by atoms with van der Waals surface area (Å²) in [4.78, 5) is 0. The molecule has 0 spiro atoms. The van der Waals surface area contributed by atoms with E-state index in [0.717, 1.165) is 6.42 Å². The summed E-state index contributed by atoms with van der Waals surface area (Å²) in [6, 6.07) is 0. The number of sulfonamides is 1. The van der Waals surface area contributed by atoms with Crippen LogP contribution in [0.1, 0.15) is 6.42 Å². The lowest BCUT2D eigenvalue weighted by Gasteiger charge is -2.16. The molecule has 1 aliphatic carbocycles. The molecule has 2 fully saturated rings. The van der Waals surface area contributed by atoms with E-state index in [1.54, 1.807) is 4.31 Å². The summed E-state index contributed by atoms with van der Waals surface area (Å²) in [7, 11) is -1.45. The van der Waals surface area contributed by atoms with Crippen LogP contribution in [0.2, 0.25) is 0 Å². The van der Waals surface area contributed by atoms with Crippen LogP contribution < -0.4 is 0 Å². The van der Waals surface area contributed by atoms with E-state index >= 15 is 0 Å². The van der Waals surface area contributed by atoms with Crippen molar-refractivity contribution in [1.29, 1.82) is 0 Å². The van der Waals surface area contributed by atoms with Crippen molar-refractivity contribution in [1.82, 2.24) is 4.31 Å². The minimum absolute atomic E-state index is 0.159. The highest BCUT2D eigenvalue weighted by Gasteiger charge is 2.61. The van der Waals surface area contributed by atoms with E-state index in [1.807, 2.05) is 0 Å². The molecule has 2 unspecified atom stereocenters. The van der Waals surface area contributed by atoms with E-state index in [1.165, 1.54) is 17.0 Å². The first-order valence-electron chi connectivity index (χ1n) is 3.76. The first-order chi connectivity index (χ1) is 5.48. The second kappa shape index (κ2) is 2.56. The first-order valence-corrected chi connectivity index (χ1v) is 7.47. The highest BCUT2D eigenvalue weighted by molar-refractivity contribution is 8.69. The third kappa shape index (κ3) is 1.29. The molecule has 70 valence electrons. The third-order valence-electron chi connectivity index (χ3n) is 2.69. The fourth-order valence-corrected chi connectivity index (χ4v) is 4.34. The molecular formula is C6H11NO2S3. The summed E-state index contributed by atoms with van der Waals surface area (Å²) in [5.41, 5.74) is 0. The molecule has 0 aromatic heterocycles. The van der Waals surface area contributed by atoms with E-state index in [4.69, 9.17) is 0 Å². The van der Waals surface area contributed by atoms with Gasteiger partial charge in [0.25, 0.3) is 0 Å². The van der Waals surface area contributed by atoms with E-state index < -0.39 is 10.0 Å². The number of nitrogens with zero attached hydrogens (tertiary/aromatic N) is 1. The Morgan fingerprint density at radius 3 is 2.67 bits per heavy atom. The lowest BCUT2D eigenvalue weighted by molar-refractivity contribution is 0.451. The summed E-state index contributed by atoms with van der Waals surface area (Å²) in [5, 5.41) is 0. The maximum Gasteiger partial charge on any atom is 0.211 e. The van der Waals surface area contributed by atoms with Crippen molar-refractivity contribution >= 4 is 32.5 Å². The molecule has 2 aliphatic rings. The van der Waals surface area contributed by atoms with Crippen LogP contribution in [0.25, 0.3) is 0 Å². The molecule has 0 amide bonds. The smallest absolute Gasteiger partial charge is 0.211 e. The highest BCUT2D eigenvalue weighted by Crippen LogP contribution is 2.60. The Bertz CT molecular complexity index is 298. The van der Waals surface area contributed by atoms with Gasteiger partial charge in [-0.15, -0.1) is 11.7 Å². The fraction of sp³-hybridized carbons (Fsp3) is 1.00. The standard InChI is InChI=1S/C6H11NO2S3/c1-12(8,9)7-3-5-2-6(5,4-7)11-10/h5,10H,2-4H2,1H3. The Morgan fingerprint density at radius 1 is 1.67 bits per heavy atom. The van der Waals surface area contributed by atoms with Crippen LogP contribution in [-0.4, -0.2) is 36.8 Å². The van der Waals surface area contributed by atoms with Crippen molar-refractivity contribution in [2.24, 2.45) is 5.92 Å². The van der Waals surface area contributed by atoms with E-state index in [0.29, 0.717) is 19.0 Å². The molecule has 0 bridgehead atoms. The molecule has 6 heteroatoms. The third-order valence-corrected chi connectivity index (χ3v) is 5.99. The molecule has 0 N–H and O–H groups in total. The minimum atomic E-state index is -2.97. The van der Waals surface area contributed by atoms with Crippen LogP contribution >= 0.6 is 22.5 Å². The van der Waals surface area contributed by atoms with Crippen LogP contribution in [0.3, 0.4) is 0 Å². The predicted octanol–water partition coefficient (Wildman–Crippen LogP) is 0.598. The van der Waals surface area contributed by atoms with Crippen molar-refractivity contribution < 1.29 is 8.42 Å². The van der Waals surface area contributed by atoms with Crippen LogP contribution in [-0.2, 0) is 10.0 Å². The normalized spacial score (nSPS) is 41.3. The van der Waals surface area contributed by atoms with E-state index in [-0.39, 0.29) is 4.75 Å². The largest absolute Gasteiger partial charge is 0.213 e. The van der Waals surface area contributed by atoms with Gasteiger partial charge in [0.1, 0.15) is 0 Å². The number of fused-ring (bicyclic) bond motifs is 1. The molecule has 0 radical (unpaired) electrons. The lowest BCUT2D eigenvalue weighted by atomic mass is 10.4. The van der Waals surface area contributed by atoms with Crippen molar-refractivity contribution in [3.8, 4) is 0 Å². The molecule has 0 aromatic carbocycles. The second-order valence-electron chi connectivity index (χ2n) is 3.61. The zero-order chi connectivity index (χ0) is 8.98. The number of piperidine rings is 1. The predicted molar refractivity (Wildman–Crippen MR) is 53.8 cm³/mol. The van der Waals surface area contributed by atoms with Crippen LogP contribution in [0.5, 0.6) is 0 Å².